The molecule has 2 amide bonds. The molecule has 1 aliphatic carbocycles. The van der Waals surface area contributed by atoms with Crippen molar-refractivity contribution in [3.63, 3.8) is 0 Å². The monoisotopic (exact) mass is 436 g/mol. The molecule has 1 saturated heterocycles. The Hall–Kier alpha value is -3.23. The average molecular weight is 437 g/mol. The molecule has 0 aromatic carbocycles. The lowest BCUT2D eigenvalue weighted by atomic mass is 9.81. The van der Waals surface area contributed by atoms with Crippen LogP contribution in [0.1, 0.15) is 66.4 Å². The van der Waals surface area contributed by atoms with Gasteiger partial charge in [0.25, 0.3) is 5.91 Å². The minimum absolute atomic E-state index is 0.0833. The molecule has 5 rings (SSSR count). The second-order valence-electron chi connectivity index (χ2n) is 9.02. The third-order valence-corrected chi connectivity index (χ3v) is 6.92. The van der Waals surface area contributed by atoms with Crippen molar-refractivity contribution in [2.75, 3.05) is 20.1 Å². The van der Waals surface area contributed by atoms with E-state index in [0.29, 0.717) is 49.1 Å². The van der Waals surface area contributed by atoms with Gasteiger partial charge in [-0.05, 0) is 25.3 Å². The summed E-state index contributed by atoms with van der Waals surface area (Å²) in [6.45, 7) is 0.795. The van der Waals surface area contributed by atoms with Crippen LogP contribution in [0, 0.1) is 5.41 Å². The average Bonchev–Trinajstić information content (AvgIpc) is 3.57. The number of likely N-dealkylation sites (tertiary alicyclic amines) is 1. The lowest BCUT2D eigenvalue weighted by Gasteiger charge is -2.26. The van der Waals surface area contributed by atoms with Crippen LogP contribution >= 0.6 is 0 Å². The van der Waals surface area contributed by atoms with E-state index in [1.165, 1.54) is 19.3 Å². The first-order valence-electron chi connectivity index (χ1n) is 11.3. The van der Waals surface area contributed by atoms with Gasteiger partial charge in [-0.2, -0.15) is 0 Å². The summed E-state index contributed by atoms with van der Waals surface area (Å²) in [6, 6.07) is 3.80. The van der Waals surface area contributed by atoms with Gasteiger partial charge in [-0.15, -0.1) is 0 Å². The Bertz CT molecular complexity index is 1100. The molecule has 1 atom stereocenters. The van der Waals surface area contributed by atoms with Crippen LogP contribution in [0.4, 0.5) is 0 Å². The van der Waals surface area contributed by atoms with Gasteiger partial charge in [-0.25, -0.2) is 9.97 Å². The van der Waals surface area contributed by atoms with Crippen molar-refractivity contribution in [1.29, 1.82) is 0 Å². The van der Waals surface area contributed by atoms with E-state index in [9.17, 15) is 9.59 Å². The van der Waals surface area contributed by atoms with Crippen LogP contribution in [-0.4, -0.2) is 56.4 Å². The molecule has 4 heterocycles. The van der Waals surface area contributed by atoms with Gasteiger partial charge in [0.15, 0.2) is 0 Å². The Morgan fingerprint density at radius 2 is 2.12 bits per heavy atom. The van der Waals surface area contributed by atoms with Crippen molar-refractivity contribution in [1.82, 2.24) is 29.7 Å². The van der Waals surface area contributed by atoms with E-state index in [0.717, 1.165) is 18.5 Å². The molecule has 0 bridgehead atoms. The van der Waals surface area contributed by atoms with Gasteiger partial charge in [-0.1, -0.05) is 24.4 Å². The summed E-state index contributed by atoms with van der Waals surface area (Å²) in [4.78, 5) is 36.3. The number of imidazole rings is 1. The zero-order chi connectivity index (χ0) is 22.1. The normalized spacial score (nSPS) is 21.8. The maximum absolute atomic E-state index is 13.1. The molecule has 1 unspecified atom stereocenters. The molecular weight excluding hydrogens is 408 g/mol. The van der Waals surface area contributed by atoms with E-state index in [4.69, 9.17) is 4.52 Å². The highest BCUT2D eigenvalue weighted by atomic mass is 16.5. The molecule has 2 aliphatic rings. The fourth-order valence-electron chi connectivity index (χ4n) is 5.15. The molecule has 3 aromatic rings. The lowest BCUT2D eigenvalue weighted by Crippen LogP contribution is -2.44. The van der Waals surface area contributed by atoms with Crippen molar-refractivity contribution in [3.05, 3.63) is 47.9 Å². The fraction of sp³-hybridized carbons (Fsp3) is 0.522. The summed E-state index contributed by atoms with van der Waals surface area (Å²) in [5, 5.41) is 7.11. The molecule has 32 heavy (non-hydrogen) atoms. The molecular formula is C23H28N6O3. The van der Waals surface area contributed by atoms with E-state index in [1.807, 2.05) is 6.07 Å². The number of nitrogens with zero attached hydrogens (tertiary/aromatic N) is 5. The first-order valence-corrected chi connectivity index (χ1v) is 11.3. The molecule has 3 aromatic heterocycles. The molecule has 9 nitrogen and oxygen atoms in total. The summed E-state index contributed by atoms with van der Waals surface area (Å²) in [7, 11) is 1.64. The van der Waals surface area contributed by atoms with Gasteiger partial charge in [0, 0.05) is 57.1 Å². The maximum atomic E-state index is 13.1. The first-order chi connectivity index (χ1) is 15.6. The Labute approximate surface area is 186 Å². The SMILES string of the molecule is CNC(=O)C1(Cc2cc(C3CCCCC3)no2)CCN(C(=O)c2cn3cccnc3n2)C1. The molecule has 168 valence electrons. The van der Waals surface area contributed by atoms with Crippen LogP contribution in [0.2, 0.25) is 0 Å². The first kappa shape index (κ1) is 20.7. The fourth-order valence-corrected chi connectivity index (χ4v) is 5.15. The van der Waals surface area contributed by atoms with Crippen molar-refractivity contribution in [2.45, 2.75) is 50.9 Å². The number of hydrogen-bond acceptors (Lipinski definition) is 6. The van der Waals surface area contributed by atoms with Crippen LogP contribution in [0.5, 0.6) is 0 Å². The summed E-state index contributed by atoms with van der Waals surface area (Å²) < 4.78 is 7.38. The van der Waals surface area contributed by atoms with Crippen LogP contribution in [0.25, 0.3) is 5.78 Å². The van der Waals surface area contributed by atoms with Gasteiger partial charge in [0.2, 0.25) is 11.7 Å². The van der Waals surface area contributed by atoms with Crippen LogP contribution in [0.15, 0.2) is 35.2 Å². The van der Waals surface area contributed by atoms with Crippen molar-refractivity contribution >= 4 is 17.6 Å². The number of carbonyl (C=O) groups is 2. The smallest absolute Gasteiger partial charge is 0.274 e. The van der Waals surface area contributed by atoms with Gasteiger partial charge >= 0.3 is 0 Å². The standard InChI is InChI=1S/C23H28N6O3/c1-24-21(31)23(13-17-12-18(27-32-17)16-6-3-2-4-7-16)8-11-29(15-23)20(30)19-14-28-10-5-9-25-22(28)26-19/h5,9-10,12,14,16H,2-4,6-8,11,13,15H2,1H3,(H,24,31). The minimum atomic E-state index is -0.745. The second-order valence-corrected chi connectivity index (χ2v) is 9.02. The molecule has 9 heteroatoms. The number of carbonyl (C=O) groups excluding carboxylic acids is 2. The summed E-state index contributed by atoms with van der Waals surface area (Å²) >= 11 is 0. The second kappa shape index (κ2) is 8.37. The lowest BCUT2D eigenvalue weighted by molar-refractivity contribution is -0.130. The van der Waals surface area contributed by atoms with Gasteiger partial charge in [-0.3, -0.25) is 14.0 Å². The van der Waals surface area contributed by atoms with E-state index in [1.54, 1.807) is 41.0 Å². The maximum Gasteiger partial charge on any atom is 0.274 e. The van der Waals surface area contributed by atoms with Crippen LogP contribution in [0.3, 0.4) is 0 Å². The zero-order valence-corrected chi connectivity index (χ0v) is 18.3. The van der Waals surface area contributed by atoms with Crippen molar-refractivity contribution in [2.24, 2.45) is 5.41 Å². The van der Waals surface area contributed by atoms with Crippen molar-refractivity contribution < 1.29 is 14.1 Å². The van der Waals surface area contributed by atoms with Crippen LogP contribution in [-0.2, 0) is 11.2 Å². The topological polar surface area (TPSA) is 106 Å². The van der Waals surface area contributed by atoms with Gasteiger partial charge in [0.1, 0.15) is 11.5 Å². The van der Waals surface area contributed by atoms with Crippen LogP contribution < -0.4 is 5.32 Å². The Kier molecular flexibility index (Phi) is 5.40. The van der Waals surface area contributed by atoms with Gasteiger partial charge < -0.3 is 14.7 Å². The van der Waals surface area contributed by atoms with Crippen molar-refractivity contribution in [3.8, 4) is 0 Å². The van der Waals surface area contributed by atoms with E-state index in [-0.39, 0.29) is 11.8 Å². The van der Waals surface area contributed by atoms with E-state index >= 15 is 0 Å². The quantitative estimate of drug-likeness (QED) is 0.659. The largest absolute Gasteiger partial charge is 0.361 e. The minimum Gasteiger partial charge on any atom is -0.361 e. The van der Waals surface area contributed by atoms with E-state index in [2.05, 4.69) is 20.4 Å². The number of fused-ring (bicyclic) bond motifs is 1. The number of hydrogen-bond donors (Lipinski definition) is 1. The molecule has 0 radical (unpaired) electrons. The Morgan fingerprint density at radius 3 is 2.91 bits per heavy atom. The number of amides is 2. The molecule has 0 spiro atoms. The van der Waals surface area contributed by atoms with Gasteiger partial charge in [0.05, 0.1) is 11.1 Å². The van der Waals surface area contributed by atoms with E-state index < -0.39 is 5.41 Å². The summed E-state index contributed by atoms with van der Waals surface area (Å²) in [5.41, 5.74) is 0.580. The Balaban J connectivity index is 1.34. The molecule has 1 saturated carbocycles. The number of nitrogens with one attached hydrogen (secondary N) is 1. The zero-order valence-electron chi connectivity index (χ0n) is 18.3. The summed E-state index contributed by atoms with van der Waals surface area (Å²) in [6.07, 6.45) is 12.1. The highest BCUT2D eigenvalue weighted by molar-refractivity contribution is 5.94. The summed E-state index contributed by atoms with van der Waals surface area (Å²) in [5.74, 6) is 1.36. The third-order valence-electron chi connectivity index (χ3n) is 6.92. The predicted molar refractivity (Wildman–Crippen MR) is 116 cm³/mol. The number of aromatic nitrogens is 4. The number of rotatable bonds is 5. The highest BCUT2D eigenvalue weighted by Crippen LogP contribution is 2.37. The predicted octanol–water partition coefficient (Wildman–Crippen LogP) is 2.59. The molecule has 2 fully saturated rings. The highest BCUT2D eigenvalue weighted by Gasteiger charge is 2.47. The Morgan fingerprint density at radius 1 is 1.28 bits per heavy atom. The molecule has 1 N–H and O–H groups in total. The molecule has 1 aliphatic heterocycles. The third kappa shape index (κ3) is 3.76.